The molecule has 0 aromatic heterocycles. The molecule has 3 amide bonds. The summed E-state index contributed by atoms with van der Waals surface area (Å²) in [6.45, 7) is 5.23. The Kier molecular flexibility index (Phi) is 7.42. The molecule has 0 aliphatic rings. The Bertz CT molecular complexity index is 349. The van der Waals surface area contributed by atoms with Crippen molar-refractivity contribution >= 4 is 18.1 Å². The molecule has 0 bridgehead atoms. The van der Waals surface area contributed by atoms with E-state index < -0.39 is 17.8 Å². The van der Waals surface area contributed by atoms with E-state index in [-0.39, 0.29) is 25.6 Å². The van der Waals surface area contributed by atoms with Crippen molar-refractivity contribution in [3.63, 3.8) is 0 Å². The van der Waals surface area contributed by atoms with Crippen LogP contribution in [0.2, 0.25) is 0 Å². The van der Waals surface area contributed by atoms with Gasteiger partial charge in [-0.1, -0.05) is 0 Å². The Morgan fingerprint density at radius 3 is 2.15 bits per heavy atom. The molecule has 8 heteroatoms. The van der Waals surface area contributed by atoms with Crippen LogP contribution < -0.4 is 10.6 Å². The highest BCUT2D eigenvalue weighted by Gasteiger charge is 2.15. The Morgan fingerprint density at radius 1 is 1.05 bits per heavy atom. The molecule has 116 valence electrons. The van der Waals surface area contributed by atoms with Gasteiger partial charge in [0.1, 0.15) is 18.8 Å². The van der Waals surface area contributed by atoms with Gasteiger partial charge in [-0.3, -0.25) is 4.79 Å². The van der Waals surface area contributed by atoms with E-state index >= 15 is 0 Å². The van der Waals surface area contributed by atoms with Crippen LogP contribution in [0.1, 0.15) is 20.8 Å². The summed E-state index contributed by atoms with van der Waals surface area (Å²) in [6.07, 6.45) is -1.30. The summed E-state index contributed by atoms with van der Waals surface area (Å²) >= 11 is 0. The zero-order chi connectivity index (χ0) is 15.8. The van der Waals surface area contributed by atoms with E-state index in [4.69, 9.17) is 9.47 Å². The van der Waals surface area contributed by atoms with E-state index in [2.05, 4.69) is 10.6 Å². The molecule has 0 radical (unpaired) electrons. The van der Waals surface area contributed by atoms with Gasteiger partial charge in [0.2, 0.25) is 5.91 Å². The van der Waals surface area contributed by atoms with Crippen molar-refractivity contribution < 1.29 is 23.9 Å². The maximum absolute atomic E-state index is 11.3. The van der Waals surface area contributed by atoms with Crippen LogP contribution in [0, 0.1) is 0 Å². The van der Waals surface area contributed by atoms with Crippen LogP contribution in [0.5, 0.6) is 0 Å². The molecule has 2 N–H and O–H groups in total. The quantitative estimate of drug-likeness (QED) is 0.711. The van der Waals surface area contributed by atoms with Crippen molar-refractivity contribution in [3.05, 3.63) is 0 Å². The zero-order valence-corrected chi connectivity index (χ0v) is 12.6. The first kappa shape index (κ1) is 18.0. The summed E-state index contributed by atoms with van der Waals surface area (Å²) < 4.78 is 9.76. The molecule has 0 saturated carbocycles. The molecule has 20 heavy (non-hydrogen) atoms. The van der Waals surface area contributed by atoms with Crippen molar-refractivity contribution in [3.8, 4) is 0 Å². The summed E-state index contributed by atoms with van der Waals surface area (Å²) in [5.41, 5.74) is -0.575. The minimum atomic E-state index is -0.716. The highest BCUT2D eigenvalue weighted by Crippen LogP contribution is 2.05. The second-order valence-electron chi connectivity index (χ2n) is 5.21. The van der Waals surface area contributed by atoms with Gasteiger partial charge in [0.25, 0.3) is 0 Å². The molecule has 0 heterocycles. The number of ether oxygens (including phenoxy) is 2. The topological polar surface area (TPSA) is 97.0 Å². The highest BCUT2D eigenvalue weighted by atomic mass is 16.6. The fourth-order valence-corrected chi connectivity index (χ4v) is 0.968. The van der Waals surface area contributed by atoms with Crippen molar-refractivity contribution in [1.29, 1.82) is 0 Å². The smallest absolute Gasteiger partial charge is 0.407 e. The summed E-state index contributed by atoms with van der Waals surface area (Å²) in [4.78, 5) is 35.0. The second kappa shape index (κ2) is 8.23. The predicted molar refractivity (Wildman–Crippen MR) is 72.3 cm³/mol. The summed E-state index contributed by atoms with van der Waals surface area (Å²) in [5.74, 6) is -0.242. The maximum Gasteiger partial charge on any atom is 0.407 e. The van der Waals surface area contributed by atoms with E-state index in [9.17, 15) is 14.4 Å². The number of rotatable bonds is 5. The SMILES string of the molecule is CN(C)C(=O)CNC(=O)OCCNC(=O)OC(C)(C)C. The lowest BCUT2D eigenvalue weighted by atomic mass is 10.2. The maximum atomic E-state index is 11.3. The van der Waals surface area contributed by atoms with Gasteiger partial charge >= 0.3 is 12.2 Å². The molecule has 0 aliphatic heterocycles. The van der Waals surface area contributed by atoms with E-state index in [0.717, 1.165) is 0 Å². The lowest BCUT2D eigenvalue weighted by Crippen LogP contribution is -2.38. The molecule has 0 aromatic carbocycles. The third kappa shape index (κ3) is 9.98. The number of carbonyl (C=O) groups excluding carboxylic acids is 3. The Balaban J connectivity index is 3.67. The standard InChI is InChI=1S/C12H23N3O5/c1-12(2,3)20-11(18)13-6-7-19-10(17)14-8-9(16)15(4)5/h6-8H2,1-5H3,(H,13,18)(H,14,17). The van der Waals surface area contributed by atoms with Crippen molar-refractivity contribution in [1.82, 2.24) is 15.5 Å². The van der Waals surface area contributed by atoms with E-state index in [1.807, 2.05) is 0 Å². The predicted octanol–water partition coefficient (Wildman–Crippen LogP) is 0.326. The van der Waals surface area contributed by atoms with Gasteiger partial charge < -0.3 is 25.0 Å². The summed E-state index contributed by atoms with van der Waals surface area (Å²) in [7, 11) is 3.17. The number of hydrogen-bond acceptors (Lipinski definition) is 5. The molecule has 8 nitrogen and oxygen atoms in total. The molecular formula is C12H23N3O5. The van der Waals surface area contributed by atoms with E-state index in [0.29, 0.717) is 0 Å². The van der Waals surface area contributed by atoms with Gasteiger partial charge in [0.05, 0.1) is 6.54 Å². The summed E-state index contributed by atoms with van der Waals surface area (Å²) in [5, 5.41) is 4.73. The number of nitrogens with one attached hydrogen (secondary N) is 2. The van der Waals surface area contributed by atoms with Crippen LogP contribution in [0.15, 0.2) is 0 Å². The molecule has 0 unspecified atom stereocenters. The summed E-state index contributed by atoms with van der Waals surface area (Å²) in [6, 6.07) is 0. The molecule has 0 fully saturated rings. The molecule has 0 aromatic rings. The largest absolute Gasteiger partial charge is 0.448 e. The zero-order valence-electron chi connectivity index (χ0n) is 12.6. The van der Waals surface area contributed by atoms with Crippen molar-refractivity contribution in [2.45, 2.75) is 26.4 Å². The van der Waals surface area contributed by atoms with Crippen LogP contribution in [0.3, 0.4) is 0 Å². The average Bonchev–Trinajstić information content (AvgIpc) is 2.29. The molecule has 0 aliphatic carbocycles. The fourth-order valence-electron chi connectivity index (χ4n) is 0.968. The van der Waals surface area contributed by atoms with Crippen LogP contribution in [-0.2, 0) is 14.3 Å². The Hall–Kier alpha value is -1.99. The average molecular weight is 289 g/mol. The van der Waals surface area contributed by atoms with Gasteiger partial charge in [-0.15, -0.1) is 0 Å². The van der Waals surface area contributed by atoms with Gasteiger partial charge in [-0.2, -0.15) is 0 Å². The first-order valence-corrected chi connectivity index (χ1v) is 6.19. The minimum Gasteiger partial charge on any atom is -0.448 e. The monoisotopic (exact) mass is 289 g/mol. The third-order valence-corrected chi connectivity index (χ3v) is 1.89. The number of likely N-dealkylation sites (N-methyl/N-ethyl adjacent to an activating group) is 1. The third-order valence-electron chi connectivity index (χ3n) is 1.89. The van der Waals surface area contributed by atoms with E-state index in [1.54, 1.807) is 34.9 Å². The molecule has 0 rings (SSSR count). The molecule has 0 atom stereocenters. The first-order chi connectivity index (χ1) is 9.11. The Morgan fingerprint density at radius 2 is 1.65 bits per heavy atom. The van der Waals surface area contributed by atoms with Crippen LogP contribution in [0.25, 0.3) is 0 Å². The van der Waals surface area contributed by atoms with Crippen LogP contribution in [-0.4, -0.2) is 62.4 Å². The van der Waals surface area contributed by atoms with Gasteiger partial charge in [-0.05, 0) is 20.8 Å². The molecule has 0 spiro atoms. The number of nitrogens with zero attached hydrogens (tertiary/aromatic N) is 1. The lowest BCUT2D eigenvalue weighted by Gasteiger charge is -2.19. The van der Waals surface area contributed by atoms with Crippen molar-refractivity contribution in [2.24, 2.45) is 0 Å². The van der Waals surface area contributed by atoms with Gasteiger partial charge in [0.15, 0.2) is 0 Å². The van der Waals surface area contributed by atoms with Crippen molar-refractivity contribution in [2.75, 3.05) is 33.8 Å². The number of hydrogen-bond donors (Lipinski definition) is 2. The minimum absolute atomic E-state index is 0.0127. The van der Waals surface area contributed by atoms with E-state index in [1.165, 1.54) is 4.90 Å². The Labute approximate surface area is 118 Å². The van der Waals surface area contributed by atoms with Gasteiger partial charge in [-0.25, -0.2) is 9.59 Å². The number of alkyl carbamates (subject to hydrolysis) is 2. The van der Waals surface area contributed by atoms with Crippen LogP contribution in [0.4, 0.5) is 9.59 Å². The van der Waals surface area contributed by atoms with Gasteiger partial charge in [0, 0.05) is 14.1 Å². The van der Waals surface area contributed by atoms with Crippen LogP contribution >= 0.6 is 0 Å². The second-order valence-corrected chi connectivity index (χ2v) is 5.21. The normalized spacial score (nSPS) is 10.4. The highest BCUT2D eigenvalue weighted by molar-refractivity contribution is 5.81. The number of carbonyl (C=O) groups is 3. The molecule has 0 saturated heterocycles. The fraction of sp³-hybridized carbons (Fsp3) is 0.750. The lowest BCUT2D eigenvalue weighted by molar-refractivity contribution is -0.127. The molecular weight excluding hydrogens is 266 g/mol. The first-order valence-electron chi connectivity index (χ1n) is 6.19. The number of amides is 3.